The van der Waals surface area contributed by atoms with Crippen LogP contribution in [0.5, 0.6) is 0 Å². The molecule has 1 amide bonds. The second kappa shape index (κ2) is 8.48. The number of thiazole rings is 1. The average Bonchev–Trinajstić information content (AvgIpc) is 3.33. The molecule has 0 unspecified atom stereocenters. The summed E-state index contributed by atoms with van der Waals surface area (Å²) >= 11 is 1.07. The summed E-state index contributed by atoms with van der Waals surface area (Å²) in [7, 11) is 0. The SMILES string of the molecule is O=C(COC(=O)Cn1c(=O)oc2ccccc21)Nc1nc(-c2ccc(F)c(F)c2)cs1. The van der Waals surface area contributed by atoms with Crippen molar-refractivity contribution in [3.8, 4) is 11.3 Å². The number of para-hydroxylation sites is 2. The van der Waals surface area contributed by atoms with Gasteiger partial charge >= 0.3 is 11.7 Å². The molecule has 0 atom stereocenters. The molecule has 158 valence electrons. The van der Waals surface area contributed by atoms with Crippen molar-refractivity contribution in [1.82, 2.24) is 9.55 Å². The van der Waals surface area contributed by atoms with E-state index in [-0.39, 0.29) is 5.13 Å². The van der Waals surface area contributed by atoms with Gasteiger partial charge in [-0.1, -0.05) is 12.1 Å². The number of esters is 1. The number of oxazole rings is 1. The quantitative estimate of drug-likeness (QED) is 0.457. The van der Waals surface area contributed by atoms with E-state index in [1.54, 1.807) is 29.6 Å². The molecule has 31 heavy (non-hydrogen) atoms. The van der Waals surface area contributed by atoms with Gasteiger partial charge < -0.3 is 9.15 Å². The Bertz CT molecular complexity index is 1340. The third kappa shape index (κ3) is 4.51. The Morgan fingerprint density at radius 1 is 1.16 bits per heavy atom. The number of hydrogen-bond acceptors (Lipinski definition) is 7. The first-order valence-corrected chi connectivity index (χ1v) is 9.73. The van der Waals surface area contributed by atoms with Crippen LogP contribution in [0.4, 0.5) is 13.9 Å². The Hall–Kier alpha value is -3.86. The molecule has 0 aliphatic heterocycles. The van der Waals surface area contributed by atoms with Crippen LogP contribution in [0, 0.1) is 11.6 Å². The van der Waals surface area contributed by atoms with E-state index in [9.17, 15) is 23.2 Å². The van der Waals surface area contributed by atoms with Crippen molar-refractivity contribution < 1.29 is 27.5 Å². The van der Waals surface area contributed by atoms with Crippen LogP contribution in [-0.2, 0) is 20.9 Å². The molecule has 2 heterocycles. The lowest BCUT2D eigenvalue weighted by Gasteiger charge is -2.05. The first kappa shape index (κ1) is 20.4. The highest BCUT2D eigenvalue weighted by atomic mass is 32.1. The average molecular weight is 445 g/mol. The van der Waals surface area contributed by atoms with Gasteiger partial charge in [0.1, 0.15) is 6.54 Å². The number of ether oxygens (including phenoxy) is 1. The van der Waals surface area contributed by atoms with Crippen molar-refractivity contribution >= 4 is 39.4 Å². The van der Waals surface area contributed by atoms with Gasteiger partial charge in [-0.2, -0.15) is 0 Å². The highest BCUT2D eigenvalue weighted by Crippen LogP contribution is 2.26. The highest BCUT2D eigenvalue weighted by Gasteiger charge is 2.15. The van der Waals surface area contributed by atoms with Crippen molar-refractivity contribution in [2.75, 3.05) is 11.9 Å². The van der Waals surface area contributed by atoms with Gasteiger partial charge in [0.15, 0.2) is 29.0 Å². The normalized spacial score (nSPS) is 10.9. The maximum atomic E-state index is 13.4. The van der Waals surface area contributed by atoms with Crippen LogP contribution in [0.1, 0.15) is 0 Å². The van der Waals surface area contributed by atoms with E-state index in [0.29, 0.717) is 22.4 Å². The molecule has 0 bridgehead atoms. The topological polar surface area (TPSA) is 103 Å². The van der Waals surface area contributed by atoms with E-state index in [1.807, 2.05) is 0 Å². The minimum Gasteiger partial charge on any atom is -0.454 e. The molecule has 0 radical (unpaired) electrons. The number of rotatable bonds is 6. The molecular weight excluding hydrogens is 432 g/mol. The fourth-order valence-corrected chi connectivity index (χ4v) is 3.49. The summed E-state index contributed by atoms with van der Waals surface area (Å²) < 4.78 is 37.4. The summed E-state index contributed by atoms with van der Waals surface area (Å²) in [6.07, 6.45) is 0. The predicted molar refractivity (Wildman–Crippen MR) is 108 cm³/mol. The first-order valence-electron chi connectivity index (χ1n) is 8.85. The first-order chi connectivity index (χ1) is 14.9. The largest absolute Gasteiger partial charge is 0.454 e. The summed E-state index contributed by atoms with van der Waals surface area (Å²) in [5, 5.41) is 4.20. The van der Waals surface area contributed by atoms with E-state index in [2.05, 4.69) is 10.3 Å². The van der Waals surface area contributed by atoms with Crippen molar-refractivity contribution in [3.63, 3.8) is 0 Å². The number of nitrogens with zero attached hydrogens (tertiary/aromatic N) is 2. The van der Waals surface area contributed by atoms with E-state index >= 15 is 0 Å². The third-order valence-corrected chi connectivity index (χ3v) is 4.95. The van der Waals surface area contributed by atoms with E-state index in [1.165, 1.54) is 6.07 Å². The summed E-state index contributed by atoms with van der Waals surface area (Å²) in [6.45, 7) is -1.01. The number of nitrogens with one attached hydrogen (secondary N) is 1. The number of benzene rings is 2. The molecule has 0 saturated heterocycles. The van der Waals surface area contributed by atoms with Crippen molar-refractivity contribution in [2.24, 2.45) is 0 Å². The number of halogens is 2. The predicted octanol–water partition coefficient (Wildman–Crippen LogP) is 3.18. The Labute approximate surface area is 176 Å². The van der Waals surface area contributed by atoms with E-state index in [4.69, 9.17) is 9.15 Å². The number of hydrogen-bond donors (Lipinski definition) is 1. The number of carbonyl (C=O) groups is 2. The minimum atomic E-state index is -1.01. The molecule has 8 nitrogen and oxygen atoms in total. The van der Waals surface area contributed by atoms with Gasteiger partial charge in [0.05, 0.1) is 11.2 Å². The van der Waals surface area contributed by atoms with Crippen LogP contribution < -0.4 is 11.1 Å². The van der Waals surface area contributed by atoms with Crippen LogP contribution in [0.2, 0.25) is 0 Å². The lowest BCUT2D eigenvalue weighted by molar-refractivity contribution is -0.147. The maximum absolute atomic E-state index is 13.4. The van der Waals surface area contributed by atoms with Crippen LogP contribution in [0.25, 0.3) is 22.4 Å². The molecule has 2 aromatic carbocycles. The smallest absolute Gasteiger partial charge is 0.420 e. The highest BCUT2D eigenvalue weighted by molar-refractivity contribution is 7.14. The summed E-state index contributed by atoms with van der Waals surface area (Å²) in [6, 6.07) is 9.93. The van der Waals surface area contributed by atoms with Gasteiger partial charge in [-0.25, -0.2) is 18.6 Å². The zero-order valence-corrected chi connectivity index (χ0v) is 16.4. The molecule has 0 spiro atoms. The van der Waals surface area contributed by atoms with Crippen LogP contribution in [-0.4, -0.2) is 28.0 Å². The van der Waals surface area contributed by atoms with E-state index < -0.39 is 42.4 Å². The van der Waals surface area contributed by atoms with Crippen molar-refractivity contribution in [1.29, 1.82) is 0 Å². The molecule has 1 N–H and O–H groups in total. The molecular formula is C20H13F2N3O5S. The molecule has 0 saturated carbocycles. The van der Waals surface area contributed by atoms with Gasteiger partial charge in [0, 0.05) is 10.9 Å². The third-order valence-electron chi connectivity index (χ3n) is 4.19. The fraction of sp³-hybridized carbons (Fsp3) is 0.100. The van der Waals surface area contributed by atoms with Gasteiger partial charge in [-0.05, 0) is 30.3 Å². The second-order valence-corrected chi connectivity index (χ2v) is 7.16. The Morgan fingerprint density at radius 2 is 1.97 bits per heavy atom. The Kier molecular flexibility index (Phi) is 5.58. The molecule has 4 rings (SSSR count). The molecule has 2 aromatic heterocycles. The second-order valence-electron chi connectivity index (χ2n) is 6.30. The number of fused-ring (bicyclic) bond motifs is 1. The summed E-state index contributed by atoms with van der Waals surface area (Å²) in [5.74, 6) is -4.14. The molecule has 0 aliphatic carbocycles. The van der Waals surface area contributed by atoms with Crippen LogP contribution in [0.15, 0.2) is 57.1 Å². The van der Waals surface area contributed by atoms with Gasteiger partial charge in [0.2, 0.25) is 0 Å². The molecule has 0 fully saturated rings. The summed E-state index contributed by atoms with van der Waals surface area (Å²) in [4.78, 5) is 40.0. The number of anilines is 1. The van der Waals surface area contributed by atoms with Crippen LogP contribution in [0.3, 0.4) is 0 Å². The molecule has 11 heteroatoms. The maximum Gasteiger partial charge on any atom is 0.420 e. The standard InChI is InChI=1S/C20H13F2N3O5S/c21-12-6-5-11(7-13(12)22)14-10-31-19(23-14)24-17(26)9-29-18(27)8-25-15-3-1-2-4-16(15)30-20(25)28/h1-7,10H,8-9H2,(H,23,24,26). The lowest BCUT2D eigenvalue weighted by atomic mass is 10.2. The van der Waals surface area contributed by atoms with Gasteiger partial charge in [-0.3, -0.25) is 19.5 Å². The zero-order chi connectivity index (χ0) is 22.0. The van der Waals surface area contributed by atoms with E-state index in [0.717, 1.165) is 28.0 Å². The van der Waals surface area contributed by atoms with Crippen molar-refractivity contribution in [3.05, 3.63) is 70.0 Å². The van der Waals surface area contributed by atoms with Gasteiger partial charge in [-0.15, -0.1) is 11.3 Å². The zero-order valence-electron chi connectivity index (χ0n) is 15.6. The Morgan fingerprint density at radius 3 is 2.77 bits per heavy atom. The Balaban J connectivity index is 1.33. The molecule has 0 aliphatic rings. The van der Waals surface area contributed by atoms with Gasteiger partial charge in [0.25, 0.3) is 5.91 Å². The number of carbonyl (C=O) groups excluding carboxylic acids is 2. The minimum absolute atomic E-state index is 0.192. The van der Waals surface area contributed by atoms with Crippen LogP contribution >= 0.6 is 11.3 Å². The monoisotopic (exact) mass is 445 g/mol. The number of amides is 1. The summed E-state index contributed by atoms with van der Waals surface area (Å²) in [5.41, 5.74) is 1.46. The number of aromatic nitrogens is 2. The van der Waals surface area contributed by atoms with Crippen molar-refractivity contribution in [2.45, 2.75) is 6.54 Å². The molecule has 4 aromatic rings. The fourth-order valence-electron chi connectivity index (χ4n) is 2.76. The lowest BCUT2D eigenvalue weighted by Crippen LogP contribution is -2.25.